The van der Waals surface area contributed by atoms with E-state index in [-0.39, 0.29) is 12.2 Å². The monoisotopic (exact) mass is 563 g/mol. The van der Waals surface area contributed by atoms with Crippen molar-refractivity contribution in [1.82, 2.24) is 4.90 Å². The van der Waals surface area contributed by atoms with Crippen LogP contribution in [0.3, 0.4) is 0 Å². The Morgan fingerprint density at radius 1 is 1.14 bits per heavy atom. The standard InChI is InChI=1S/C22H16Cl2N2O5S.C3H7NO/c1-29-19-8-13(3-5-18(19)30-11-15-2-4-16(23)9-17(15)24)22(28)31-12-20(27)26-21-14(10-25)6-7-32-21;1-4(2)3-5/h2-9H,11-12H2,1H3,(H,26,27);3H,1-2H3. The SMILES string of the molecule is CN(C)C=O.COc1cc(C(=O)OCC(=O)Nc2sccc2C#N)ccc1OCc1ccc(Cl)cc1Cl. The molecule has 0 saturated carbocycles. The van der Waals surface area contributed by atoms with E-state index in [4.69, 9.17) is 42.7 Å². The number of ether oxygens (including phenoxy) is 3. The molecule has 0 saturated heterocycles. The van der Waals surface area contributed by atoms with Crippen LogP contribution in [0.25, 0.3) is 0 Å². The lowest BCUT2D eigenvalue weighted by atomic mass is 10.2. The molecular weight excluding hydrogens is 541 g/mol. The van der Waals surface area contributed by atoms with Crippen molar-refractivity contribution < 1.29 is 28.6 Å². The largest absolute Gasteiger partial charge is 0.493 e. The lowest BCUT2D eigenvalue weighted by Crippen LogP contribution is -2.20. The highest BCUT2D eigenvalue weighted by Gasteiger charge is 2.15. The summed E-state index contributed by atoms with van der Waals surface area (Å²) in [7, 11) is 4.81. The van der Waals surface area contributed by atoms with Crippen molar-refractivity contribution in [3.8, 4) is 17.6 Å². The average Bonchev–Trinajstić information content (AvgIpc) is 3.33. The Morgan fingerprint density at radius 3 is 2.49 bits per heavy atom. The van der Waals surface area contributed by atoms with E-state index in [1.165, 1.54) is 35.5 Å². The molecule has 0 fully saturated rings. The summed E-state index contributed by atoms with van der Waals surface area (Å²) in [6, 6.07) is 13.1. The number of nitrogens with zero attached hydrogens (tertiary/aromatic N) is 2. The van der Waals surface area contributed by atoms with Gasteiger partial charge in [-0.1, -0.05) is 29.3 Å². The van der Waals surface area contributed by atoms with Crippen LogP contribution in [0.15, 0.2) is 47.8 Å². The van der Waals surface area contributed by atoms with Crippen LogP contribution in [0.4, 0.5) is 5.00 Å². The number of hydrogen-bond acceptors (Lipinski definition) is 8. The van der Waals surface area contributed by atoms with Crippen LogP contribution >= 0.6 is 34.5 Å². The van der Waals surface area contributed by atoms with Gasteiger partial charge in [0, 0.05) is 29.7 Å². The summed E-state index contributed by atoms with van der Waals surface area (Å²) in [6.45, 7) is -0.332. The van der Waals surface area contributed by atoms with E-state index in [0.717, 1.165) is 12.0 Å². The molecule has 0 radical (unpaired) electrons. The second kappa shape index (κ2) is 14.7. The van der Waals surface area contributed by atoms with Gasteiger partial charge in [-0.25, -0.2) is 4.79 Å². The Balaban J connectivity index is 0.000000877. The molecule has 37 heavy (non-hydrogen) atoms. The van der Waals surface area contributed by atoms with Crippen molar-refractivity contribution in [2.75, 3.05) is 33.1 Å². The average molecular weight is 564 g/mol. The highest BCUT2D eigenvalue weighted by atomic mass is 35.5. The lowest BCUT2D eigenvalue weighted by molar-refractivity contribution is -0.119. The number of nitrogens with one attached hydrogen (secondary N) is 1. The molecule has 2 aromatic carbocycles. The van der Waals surface area contributed by atoms with Crippen molar-refractivity contribution in [2.24, 2.45) is 0 Å². The van der Waals surface area contributed by atoms with Gasteiger partial charge in [0.15, 0.2) is 18.1 Å². The van der Waals surface area contributed by atoms with E-state index in [0.29, 0.717) is 32.1 Å². The molecule has 0 bridgehead atoms. The summed E-state index contributed by atoms with van der Waals surface area (Å²) in [6.07, 6.45) is 0.750. The van der Waals surface area contributed by atoms with Crippen LogP contribution in [-0.2, 0) is 20.9 Å². The normalized spacial score (nSPS) is 9.73. The fourth-order valence-electron chi connectivity index (χ4n) is 2.58. The molecule has 1 N–H and O–H groups in total. The highest BCUT2D eigenvalue weighted by molar-refractivity contribution is 7.14. The number of halogens is 2. The number of carbonyl (C=O) groups is 3. The number of esters is 1. The quantitative estimate of drug-likeness (QED) is 0.287. The molecule has 1 heterocycles. The van der Waals surface area contributed by atoms with E-state index in [1.54, 1.807) is 49.8 Å². The summed E-state index contributed by atoms with van der Waals surface area (Å²) in [5, 5.41) is 14.6. The number of benzene rings is 2. The first-order valence-corrected chi connectivity index (χ1v) is 12.1. The van der Waals surface area contributed by atoms with Gasteiger partial charge < -0.3 is 24.4 Å². The zero-order valence-electron chi connectivity index (χ0n) is 20.1. The van der Waals surface area contributed by atoms with Gasteiger partial charge in [-0.2, -0.15) is 5.26 Å². The summed E-state index contributed by atoms with van der Waals surface area (Å²) < 4.78 is 16.1. The predicted octanol–water partition coefficient (Wildman–Crippen LogP) is 5.01. The minimum Gasteiger partial charge on any atom is -0.493 e. The van der Waals surface area contributed by atoms with Crippen molar-refractivity contribution in [2.45, 2.75) is 6.61 Å². The second-order valence-corrected chi connectivity index (χ2v) is 9.12. The van der Waals surface area contributed by atoms with Gasteiger partial charge in [-0.3, -0.25) is 9.59 Å². The van der Waals surface area contributed by atoms with Crippen LogP contribution in [0.2, 0.25) is 10.0 Å². The van der Waals surface area contributed by atoms with Gasteiger partial charge >= 0.3 is 5.97 Å². The number of amides is 2. The van der Waals surface area contributed by atoms with Crippen LogP contribution in [0.5, 0.6) is 11.5 Å². The molecule has 0 aliphatic heterocycles. The number of nitriles is 1. The first kappa shape index (κ1) is 29.5. The van der Waals surface area contributed by atoms with Gasteiger partial charge in [0.05, 0.1) is 18.2 Å². The number of rotatable bonds is 9. The third-order valence-corrected chi connectivity index (χ3v) is 5.80. The Hall–Kier alpha value is -3.78. The van der Waals surface area contributed by atoms with E-state index in [2.05, 4.69) is 5.32 Å². The molecular formula is C25H23Cl2N3O6S. The minimum atomic E-state index is -0.711. The molecule has 3 rings (SSSR count). The Bertz CT molecular complexity index is 1290. The molecule has 0 unspecified atom stereocenters. The number of methoxy groups -OCH3 is 1. The van der Waals surface area contributed by atoms with E-state index in [9.17, 15) is 14.4 Å². The summed E-state index contributed by atoms with van der Waals surface area (Å²) >= 11 is 13.3. The third kappa shape index (κ3) is 9.31. The van der Waals surface area contributed by atoms with Gasteiger partial charge in [0.25, 0.3) is 5.91 Å². The molecule has 2 amide bonds. The Labute approximate surface area is 228 Å². The minimum absolute atomic E-state index is 0.170. The fourth-order valence-corrected chi connectivity index (χ4v) is 3.80. The molecule has 0 aliphatic carbocycles. The van der Waals surface area contributed by atoms with Crippen molar-refractivity contribution >= 4 is 57.8 Å². The number of hydrogen-bond donors (Lipinski definition) is 1. The maximum absolute atomic E-state index is 12.3. The predicted molar refractivity (Wildman–Crippen MR) is 141 cm³/mol. The fraction of sp³-hybridized carbons (Fsp3) is 0.200. The molecule has 0 aliphatic rings. The first-order valence-electron chi connectivity index (χ1n) is 10.5. The number of thiophene rings is 1. The first-order chi connectivity index (χ1) is 17.7. The van der Waals surface area contributed by atoms with Crippen LogP contribution < -0.4 is 14.8 Å². The molecule has 0 atom stereocenters. The molecule has 9 nitrogen and oxygen atoms in total. The summed E-state index contributed by atoms with van der Waals surface area (Å²) in [4.78, 5) is 35.2. The Morgan fingerprint density at radius 2 is 1.86 bits per heavy atom. The maximum atomic E-state index is 12.3. The van der Waals surface area contributed by atoms with Crippen LogP contribution in [0.1, 0.15) is 21.5 Å². The summed E-state index contributed by atoms with van der Waals surface area (Å²) in [5.41, 5.74) is 1.26. The van der Waals surface area contributed by atoms with Crippen molar-refractivity contribution in [1.29, 1.82) is 5.26 Å². The molecule has 1 aromatic heterocycles. The zero-order chi connectivity index (χ0) is 27.4. The molecule has 3 aromatic rings. The van der Waals surface area contributed by atoms with Gasteiger partial charge in [-0.15, -0.1) is 11.3 Å². The van der Waals surface area contributed by atoms with Crippen LogP contribution in [0, 0.1) is 11.3 Å². The maximum Gasteiger partial charge on any atom is 0.338 e. The third-order valence-electron chi connectivity index (χ3n) is 4.38. The summed E-state index contributed by atoms with van der Waals surface area (Å²) in [5.74, 6) is -0.553. The smallest absolute Gasteiger partial charge is 0.338 e. The van der Waals surface area contributed by atoms with Gasteiger partial charge in [0.1, 0.15) is 17.7 Å². The van der Waals surface area contributed by atoms with E-state index >= 15 is 0 Å². The number of carbonyl (C=O) groups excluding carboxylic acids is 3. The van der Waals surface area contributed by atoms with Gasteiger partial charge in [0.2, 0.25) is 6.41 Å². The number of anilines is 1. The molecule has 0 spiro atoms. The van der Waals surface area contributed by atoms with Crippen molar-refractivity contribution in [3.05, 3.63) is 74.6 Å². The Kier molecular flexibility index (Phi) is 11.7. The second-order valence-electron chi connectivity index (χ2n) is 7.36. The van der Waals surface area contributed by atoms with Gasteiger partial charge in [-0.05, 0) is 41.8 Å². The molecule has 12 heteroatoms. The zero-order valence-corrected chi connectivity index (χ0v) is 22.4. The van der Waals surface area contributed by atoms with Crippen molar-refractivity contribution in [3.63, 3.8) is 0 Å². The van der Waals surface area contributed by atoms with E-state index in [1.807, 2.05) is 6.07 Å². The van der Waals surface area contributed by atoms with E-state index < -0.39 is 18.5 Å². The van der Waals surface area contributed by atoms with Crippen LogP contribution in [-0.4, -0.2) is 51.0 Å². The lowest BCUT2D eigenvalue weighted by Gasteiger charge is -2.13. The topological polar surface area (TPSA) is 118 Å². The molecule has 194 valence electrons. The highest BCUT2D eigenvalue weighted by Crippen LogP contribution is 2.30.